The first-order valence-electron chi connectivity index (χ1n) is 7.47. The van der Waals surface area contributed by atoms with Crippen LogP contribution in [0.2, 0.25) is 0 Å². The van der Waals surface area contributed by atoms with Crippen LogP contribution in [-0.2, 0) is 14.6 Å². The molecule has 0 amide bonds. The Balaban J connectivity index is 1.56. The zero-order valence-electron chi connectivity index (χ0n) is 12.4. The SMILES string of the molecule is CS(=O)(=O)CCNCCN1CCC(N2CCOCC2)C1. The quantitative estimate of drug-likeness (QED) is 0.611. The molecule has 1 atom stereocenters. The monoisotopic (exact) mass is 305 g/mol. The number of likely N-dealkylation sites (tertiary alicyclic amines) is 1. The van der Waals surface area contributed by atoms with Crippen molar-refractivity contribution in [2.75, 3.05) is 71.0 Å². The third kappa shape index (κ3) is 5.65. The topological polar surface area (TPSA) is 61.9 Å². The van der Waals surface area contributed by atoms with Gasteiger partial charge in [0.1, 0.15) is 9.84 Å². The van der Waals surface area contributed by atoms with E-state index in [1.807, 2.05) is 0 Å². The Morgan fingerprint density at radius 3 is 2.65 bits per heavy atom. The second-order valence-electron chi connectivity index (χ2n) is 5.77. The van der Waals surface area contributed by atoms with Crippen LogP contribution >= 0.6 is 0 Å². The van der Waals surface area contributed by atoms with Crippen molar-refractivity contribution in [2.24, 2.45) is 0 Å². The van der Waals surface area contributed by atoms with E-state index in [0.29, 0.717) is 12.6 Å². The third-order valence-electron chi connectivity index (χ3n) is 4.06. The van der Waals surface area contributed by atoms with E-state index in [9.17, 15) is 8.42 Å². The normalized spacial score (nSPS) is 26.1. The fourth-order valence-electron chi connectivity index (χ4n) is 2.88. The summed E-state index contributed by atoms with van der Waals surface area (Å²) in [7, 11) is -2.84. The van der Waals surface area contributed by atoms with Crippen molar-refractivity contribution < 1.29 is 13.2 Å². The van der Waals surface area contributed by atoms with Gasteiger partial charge in [-0.3, -0.25) is 4.90 Å². The number of rotatable bonds is 7. The molecular formula is C13H27N3O3S. The Morgan fingerprint density at radius 2 is 1.95 bits per heavy atom. The average molecular weight is 305 g/mol. The van der Waals surface area contributed by atoms with E-state index in [4.69, 9.17) is 4.74 Å². The van der Waals surface area contributed by atoms with Crippen molar-refractivity contribution in [1.29, 1.82) is 0 Å². The molecule has 0 aliphatic carbocycles. The van der Waals surface area contributed by atoms with Gasteiger partial charge in [-0.05, 0) is 13.0 Å². The van der Waals surface area contributed by atoms with Crippen molar-refractivity contribution in [3.63, 3.8) is 0 Å². The lowest BCUT2D eigenvalue weighted by molar-refractivity contribution is 0.0185. The van der Waals surface area contributed by atoms with Crippen LogP contribution in [0.4, 0.5) is 0 Å². The molecule has 2 heterocycles. The maximum atomic E-state index is 11.0. The fraction of sp³-hybridized carbons (Fsp3) is 1.00. The van der Waals surface area contributed by atoms with E-state index >= 15 is 0 Å². The van der Waals surface area contributed by atoms with E-state index in [-0.39, 0.29) is 5.75 Å². The van der Waals surface area contributed by atoms with Crippen molar-refractivity contribution in [2.45, 2.75) is 12.5 Å². The highest BCUT2D eigenvalue weighted by molar-refractivity contribution is 7.90. The molecule has 20 heavy (non-hydrogen) atoms. The first kappa shape index (κ1) is 16.2. The zero-order valence-corrected chi connectivity index (χ0v) is 13.2. The highest BCUT2D eigenvalue weighted by Crippen LogP contribution is 2.16. The number of nitrogens with one attached hydrogen (secondary N) is 1. The summed E-state index contributed by atoms with van der Waals surface area (Å²) in [4.78, 5) is 5.01. The number of sulfone groups is 1. The molecule has 2 aliphatic rings. The van der Waals surface area contributed by atoms with Gasteiger partial charge in [-0.15, -0.1) is 0 Å². The predicted octanol–water partition coefficient (Wildman–Crippen LogP) is -0.973. The zero-order chi connectivity index (χ0) is 14.4. The minimum atomic E-state index is -2.84. The first-order chi connectivity index (χ1) is 9.54. The lowest BCUT2D eigenvalue weighted by Gasteiger charge is -2.32. The highest BCUT2D eigenvalue weighted by atomic mass is 32.2. The summed E-state index contributed by atoms with van der Waals surface area (Å²) < 4.78 is 27.4. The van der Waals surface area contributed by atoms with Gasteiger partial charge in [0.15, 0.2) is 0 Å². The largest absolute Gasteiger partial charge is 0.379 e. The van der Waals surface area contributed by atoms with Gasteiger partial charge in [0.2, 0.25) is 0 Å². The average Bonchev–Trinajstić information content (AvgIpc) is 2.87. The van der Waals surface area contributed by atoms with Gasteiger partial charge in [0.05, 0.1) is 19.0 Å². The summed E-state index contributed by atoms with van der Waals surface area (Å²) in [5.74, 6) is 0.226. The van der Waals surface area contributed by atoms with Crippen molar-refractivity contribution in [3.05, 3.63) is 0 Å². The molecule has 1 unspecified atom stereocenters. The molecular weight excluding hydrogens is 278 g/mol. The lowest BCUT2D eigenvalue weighted by atomic mass is 10.2. The van der Waals surface area contributed by atoms with Crippen LogP contribution in [0.5, 0.6) is 0 Å². The molecule has 1 N–H and O–H groups in total. The van der Waals surface area contributed by atoms with Gasteiger partial charge in [0, 0.05) is 51.6 Å². The third-order valence-corrected chi connectivity index (χ3v) is 5.01. The number of nitrogens with zero attached hydrogens (tertiary/aromatic N) is 2. The number of morpholine rings is 1. The van der Waals surface area contributed by atoms with Crippen LogP contribution in [0.1, 0.15) is 6.42 Å². The smallest absolute Gasteiger partial charge is 0.148 e. The Labute approximate surface area is 122 Å². The molecule has 2 fully saturated rings. The molecule has 0 aromatic heterocycles. The Kier molecular flexibility index (Phi) is 6.22. The summed E-state index contributed by atoms with van der Waals surface area (Å²) in [6.45, 7) is 8.56. The summed E-state index contributed by atoms with van der Waals surface area (Å²) in [6, 6.07) is 0.676. The van der Waals surface area contributed by atoms with Gasteiger partial charge in [0.25, 0.3) is 0 Å². The molecule has 7 heteroatoms. The van der Waals surface area contributed by atoms with Crippen LogP contribution in [0.3, 0.4) is 0 Å². The minimum absolute atomic E-state index is 0.226. The molecule has 0 aromatic carbocycles. The summed E-state index contributed by atoms with van der Waals surface area (Å²) in [5.41, 5.74) is 0. The Morgan fingerprint density at radius 1 is 1.20 bits per heavy atom. The fourth-order valence-corrected chi connectivity index (χ4v) is 3.39. The van der Waals surface area contributed by atoms with E-state index in [0.717, 1.165) is 52.5 Å². The number of ether oxygens (including phenoxy) is 1. The van der Waals surface area contributed by atoms with Gasteiger partial charge in [-0.1, -0.05) is 0 Å². The molecule has 0 spiro atoms. The predicted molar refractivity (Wildman–Crippen MR) is 79.8 cm³/mol. The van der Waals surface area contributed by atoms with Gasteiger partial charge in [-0.25, -0.2) is 8.42 Å². The van der Waals surface area contributed by atoms with Crippen molar-refractivity contribution in [3.8, 4) is 0 Å². The van der Waals surface area contributed by atoms with Gasteiger partial charge >= 0.3 is 0 Å². The molecule has 6 nitrogen and oxygen atoms in total. The second-order valence-corrected chi connectivity index (χ2v) is 8.03. The summed E-state index contributed by atoms with van der Waals surface area (Å²) in [5, 5.41) is 3.21. The van der Waals surface area contributed by atoms with Crippen LogP contribution < -0.4 is 5.32 Å². The lowest BCUT2D eigenvalue weighted by Crippen LogP contribution is -2.45. The van der Waals surface area contributed by atoms with E-state index < -0.39 is 9.84 Å². The van der Waals surface area contributed by atoms with Crippen LogP contribution in [-0.4, -0.2) is 95.3 Å². The maximum Gasteiger partial charge on any atom is 0.148 e. The van der Waals surface area contributed by atoms with Gasteiger partial charge in [-0.2, -0.15) is 0 Å². The molecule has 2 aliphatic heterocycles. The molecule has 2 rings (SSSR count). The van der Waals surface area contributed by atoms with Crippen LogP contribution in [0.15, 0.2) is 0 Å². The maximum absolute atomic E-state index is 11.0. The van der Waals surface area contributed by atoms with E-state index in [1.165, 1.54) is 12.7 Å². The Bertz CT molecular complexity index is 382. The molecule has 0 saturated carbocycles. The van der Waals surface area contributed by atoms with Crippen molar-refractivity contribution >= 4 is 9.84 Å². The summed E-state index contributed by atoms with van der Waals surface area (Å²) >= 11 is 0. The highest BCUT2D eigenvalue weighted by Gasteiger charge is 2.28. The van der Waals surface area contributed by atoms with E-state index in [1.54, 1.807) is 0 Å². The molecule has 0 bridgehead atoms. The van der Waals surface area contributed by atoms with Gasteiger partial charge < -0.3 is 15.0 Å². The molecule has 118 valence electrons. The Hall–Kier alpha value is -0.210. The second kappa shape index (κ2) is 7.70. The van der Waals surface area contributed by atoms with Crippen LogP contribution in [0.25, 0.3) is 0 Å². The molecule has 0 aromatic rings. The molecule has 2 saturated heterocycles. The van der Waals surface area contributed by atoms with Crippen LogP contribution in [0, 0.1) is 0 Å². The minimum Gasteiger partial charge on any atom is -0.379 e. The molecule has 0 radical (unpaired) electrons. The number of hydrogen-bond donors (Lipinski definition) is 1. The number of hydrogen-bond acceptors (Lipinski definition) is 6. The first-order valence-corrected chi connectivity index (χ1v) is 9.53. The van der Waals surface area contributed by atoms with Crippen molar-refractivity contribution in [1.82, 2.24) is 15.1 Å². The summed E-state index contributed by atoms with van der Waals surface area (Å²) in [6.07, 6.45) is 2.52. The van der Waals surface area contributed by atoms with E-state index in [2.05, 4.69) is 15.1 Å². The standard InChI is InChI=1S/C13H27N3O3S/c1-20(17,18)11-4-14-3-6-15-5-2-13(12-15)16-7-9-19-10-8-16/h13-14H,2-12H2,1H3.